The van der Waals surface area contributed by atoms with Crippen LogP contribution in [0.15, 0.2) is 41.5 Å². The molecule has 7 nitrogen and oxygen atoms in total. The Hall–Kier alpha value is -3.06. The second-order valence-electron chi connectivity index (χ2n) is 9.46. The Morgan fingerprint density at radius 1 is 1.00 bits per heavy atom. The summed E-state index contributed by atoms with van der Waals surface area (Å²) in [5.41, 5.74) is 7.01. The van der Waals surface area contributed by atoms with Crippen LogP contribution in [0.4, 0.5) is 5.69 Å². The van der Waals surface area contributed by atoms with Gasteiger partial charge in [0, 0.05) is 12.2 Å². The number of carbonyl (C=O) groups is 1. The number of hydrogen-bond acceptors (Lipinski definition) is 6. The van der Waals surface area contributed by atoms with E-state index in [-0.39, 0.29) is 11.7 Å². The van der Waals surface area contributed by atoms with E-state index in [2.05, 4.69) is 22.9 Å². The Bertz CT molecular complexity index is 993. The predicted octanol–water partition coefficient (Wildman–Crippen LogP) is 6.12. The fraction of sp³-hybridized carbons (Fsp3) is 0.500. The number of benzene rings is 2. The minimum Gasteiger partial charge on any atom is -0.507 e. The first-order valence-electron chi connectivity index (χ1n) is 12.9. The van der Waals surface area contributed by atoms with Crippen molar-refractivity contribution >= 4 is 17.9 Å². The van der Waals surface area contributed by atoms with E-state index in [1.807, 2.05) is 67.3 Å². The summed E-state index contributed by atoms with van der Waals surface area (Å²) in [5, 5.41) is 21.4. The van der Waals surface area contributed by atoms with Crippen molar-refractivity contribution in [2.45, 2.75) is 85.1 Å². The highest BCUT2D eigenvalue weighted by molar-refractivity contribution is 5.97. The fourth-order valence-corrected chi connectivity index (χ4v) is 4.49. The molecule has 3 N–H and O–H groups in total. The Morgan fingerprint density at radius 3 is 2.34 bits per heavy atom. The summed E-state index contributed by atoms with van der Waals surface area (Å²) in [4.78, 5) is 13.7. The summed E-state index contributed by atoms with van der Waals surface area (Å²) in [5.74, 6) is 0.118. The van der Waals surface area contributed by atoms with Crippen molar-refractivity contribution in [3.05, 3.63) is 58.7 Å². The maximum atomic E-state index is 13.7. The molecule has 7 heteroatoms. The largest absolute Gasteiger partial charge is 0.507 e. The van der Waals surface area contributed by atoms with Gasteiger partial charge in [0.2, 0.25) is 0 Å². The van der Waals surface area contributed by atoms with Crippen LogP contribution in [0.1, 0.15) is 86.6 Å². The summed E-state index contributed by atoms with van der Waals surface area (Å²) < 4.78 is 0. The maximum absolute atomic E-state index is 13.7. The molecule has 0 fully saturated rings. The number of unbranched alkanes of at least 4 members (excludes halogenated alkanes) is 7. The van der Waals surface area contributed by atoms with Crippen LogP contribution in [0.5, 0.6) is 5.75 Å². The number of aromatic hydroxyl groups is 1. The molecule has 2 aromatic carbocycles. The van der Waals surface area contributed by atoms with Gasteiger partial charge in [-0.2, -0.15) is 5.10 Å². The van der Waals surface area contributed by atoms with E-state index < -0.39 is 6.04 Å². The van der Waals surface area contributed by atoms with Crippen LogP contribution in [-0.2, 0) is 4.79 Å². The molecule has 0 saturated heterocycles. The number of anilines is 1. The van der Waals surface area contributed by atoms with Gasteiger partial charge in [-0.05, 0) is 55.5 Å². The molecule has 1 unspecified atom stereocenters. The SMILES string of the molecule is CCCCCCCCCCN1NN=CN1C(C(=O)Nc1cc(C)c(O)c(C)c1C)c1ccccc1. The summed E-state index contributed by atoms with van der Waals surface area (Å²) in [7, 11) is 0. The van der Waals surface area contributed by atoms with Crippen molar-refractivity contribution in [2.24, 2.45) is 5.10 Å². The molecule has 0 aliphatic carbocycles. The standard InChI is InChI=1S/C28H41N5O2/c1-5-6-7-8-9-10-11-15-18-33-31-29-20-32(33)26(24-16-13-12-14-17-24)28(35)30-25-19-21(2)27(34)23(4)22(25)3/h12-14,16-17,19-20,26,31,34H,5-11,15,18H2,1-4H3,(H,30,35). The molecule has 0 saturated carbocycles. The number of rotatable bonds is 13. The molecule has 0 aromatic heterocycles. The van der Waals surface area contributed by atoms with Crippen molar-refractivity contribution in [1.29, 1.82) is 0 Å². The lowest BCUT2D eigenvalue weighted by molar-refractivity contribution is -0.126. The molecule has 1 aliphatic rings. The van der Waals surface area contributed by atoms with E-state index in [9.17, 15) is 9.90 Å². The predicted molar refractivity (Wildman–Crippen MR) is 143 cm³/mol. The summed E-state index contributed by atoms with van der Waals surface area (Å²) in [6.07, 6.45) is 11.6. The third-order valence-corrected chi connectivity index (χ3v) is 6.79. The average molecular weight is 480 g/mol. The number of hydrogen-bond donors (Lipinski definition) is 3. The number of carbonyl (C=O) groups excluding carboxylic acids is 1. The number of amides is 1. The molecule has 0 radical (unpaired) electrons. The molecular formula is C28H41N5O2. The van der Waals surface area contributed by atoms with Gasteiger partial charge < -0.3 is 10.4 Å². The third-order valence-electron chi connectivity index (χ3n) is 6.79. The third kappa shape index (κ3) is 6.98. The van der Waals surface area contributed by atoms with E-state index in [4.69, 9.17) is 0 Å². The Kier molecular flexibility index (Phi) is 9.97. The number of hydrazone groups is 1. The second-order valence-corrected chi connectivity index (χ2v) is 9.46. The number of phenolic OH excluding ortho intramolecular Hbond substituents is 1. The molecule has 0 bridgehead atoms. The highest BCUT2D eigenvalue weighted by Crippen LogP contribution is 2.32. The van der Waals surface area contributed by atoms with Gasteiger partial charge in [0.1, 0.15) is 12.1 Å². The summed E-state index contributed by atoms with van der Waals surface area (Å²) in [6, 6.07) is 11.0. The minimum atomic E-state index is -0.585. The topological polar surface area (TPSA) is 80.2 Å². The van der Waals surface area contributed by atoms with Crippen LogP contribution in [0, 0.1) is 20.8 Å². The van der Waals surface area contributed by atoms with Gasteiger partial charge in [-0.15, -0.1) is 5.12 Å². The normalized spacial score (nSPS) is 14.2. The van der Waals surface area contributed by atoms with Crippen molar-refractivity contribution in [3.63, 3.8) is 0 Å². The molecule has 0 spiro atoms. The smallest absolute Gasteiger partial charge is 0.253 e. The quantitative estimate of drug-likeness (QED) is 0.238. The van der Waals surface area contributed by atoms with Gasteiger partial charge in [-0.3, -0.25) is 9.80 Å². The van der Waals surface area contributed by atoms with E-state index in [1.54, 1.807) is 6.34 Å². The van der Waals surface area contributed by atoms with Crippen molar-refractivity contribution in [1.82, 2.24) is 15.7 Å². The zero-order chi connectivity index (χ0) is 25.2. The van der Waals surface area contributed by atoms with Crippen molar-refractivity contribution < 1.29 is 9.90 Å². The van der Waals surface area contributed by atoms with Crippen LogP contribution in [0.2, 0.25) is 0 Å². The molecule has 1 heterocycles. The van der Waals surface area contributed by atoms with Gasteiger partial charge in [-0.25, -0.2) is 5.53 Å². The molecule has 1 amide bonds. The first-order valence-corrected chi connectivity index (χ1v) is 12.9. The van der Waals surface area contributed by atoms with E-state index in [1.165, 1.54) is 38.5 Å². The van der Waals surface area contributed by atoms with Crippen LogP contribution >= 0.6 is 0 Å². The van der Waals surface area contributed by atoms with E-state index >= 15 is 0 Å². The highest BCUT2D eigenvalue weighted by Gasteiger charge is 2.33. The highest BCUT2D eigenvalue weighted by atomic mass is 16.3. The molecule has 1 atom stereocenters. The lowest BCUT2D eigenvalue weighted by Gasteiger charge is -2.33. The molecule has 35 heavy (non-hydrogen) atoms. The zero-order valence-electron chi connectivity index (χ0n) is 21.7. The van der Waals surface area contributed by atoms with E-state index in [0.29, 0.717) is 5.69 Å². The lowest BCUT2D eigenvalue weighted by Crippen LogP contribution is -2.48. The number of aryl methyl sites for hydroxylation is 1. The summed E-state index contributed by atoms with van der Waals surface area (Å²) in [6.45, 7) is 8.63. The van der Waals surface area contributed by atoms with Crippen LogP contribution in [-0.4, -0.2) is 34.0 Å². The number of nitrogens with one attached hydrogen (secondary N) is 2. The Balaban J connectivity index is 1.69. The maximum Gasteiger partial charge on any atom is 0.253 e. The lowest BCUT2D eigenvalue weighted by atomic mass is 10.0. The van der Waals surface area contributed by atoms with Gasteiger partial charge in [-0.1, -0.05) is 82.2 Å². The van der Waals surface area contributed by atoms with Crippen LogP contribution in [0.25, 0.3) is 0 Å². The first kappa shape index (κ1) is 26.5. The monoisotopic (exact) mass is 479 g/mol. The number of phenols is 1. The first-order chi connectivity index (χ1) is 16.9. The minimum absolute atomic E-state index is 0.153. The Labute approximate surface area is 210 Å². The van der Waals surface area contributed by atoms with Crippen molar-refractivity contribution in [2.75, 3.05) is 11.9 Å². The number of hydrazine groups is 2. The van der Waals surface area contributed by atoms with E-state index in [0.717, 1.165) is 41.6 Å². The molecule has 1 aliphatic heterocycles. The van der Waals surface area contributed by atoms with Gasteiger partial charge in [0.05, 0.1) is 0 Å². The van der Waals surface area contributed by atoms with Crippen LogP contribution < -0.4 is 10.9 Å². The van der Waals surface area contributed by atoms with Gasteiger partial charge >= 0.3 is 0 Å². The molecule has 190 valence electrons. The fourth-order valence-electron chi connectivity index (χ4n) is 4.49. The average Bonchev–Trinajstić information content (AvgIpc) is 3.31. The molecular weight excluding hydrogens is 438 g/mol. The molecule has 2 aromatic rings. The summed E-state index contributed by atoms with van der Waals surface area (Å²) >= 11 is 0. The van der Waals surface area contributed by atoms with Gasteiger partial charge in [0.15, 0.2) is 6.04 Å². The van der Waals surface area contributed by atoms with Gasteiger partial charge in [0.25, 0.3) is 5.91 Å². The van der Waals surface area contributed by atoms with Crippen LogP contribution in [0.3, 0.4) is 0 Å². The number of nitrogens with zero attached hydrogens (tertiary/aromatic N) is 3. The molecule has 3 rings (SSSR count). The zero-order valence-corrected chi connectivity index (χ0v) is 21.7. The second kappa shape index (κ2) is 13.1. The van der Waals surface area contributed by atoms with Crippen molar-refractivity contribution in [3.8, 4) is 5.75 Å². The Morgan fingerprint density at radius 2 is 1.66 bits per heavy atom.